The number of aromatic nitrogens is 1. The van der Waals surface area contributed by atoms with Crippen molar-refractivity contribution >= 4 is 55.4 Å². The highest BCUT2D eigenvalue weighted by Gasteiger charge is 2.24. The summed E-state index contributed by atoms with van der Waals surface area (Å²) in [5.74, 6) is -0.708. The normalized spacial score (nSPS) is 12.5. The van der Waals surface area contributed by atoms with Crippen LogP contribution in [0, 0.1) is 9.39 Å². The number of benzene rings is 1. The minimum absolute atomic E-state index is 0.0696. The van der Waals surface area contributed by atoms with Crippen molar-refractivity contribution in [3.05, 3.63) is 57.9 Å². The Bertz CT molecular complexity index is 1280. The molecule has 0 aliphatic rings. The van der Waals surface area contributed by atoms with Crippen LogP contribution in [0.4, 0.5) is 10.2 Å². The van der Waals surface area contributed by atoms with Gasteiger partial charge in [-0.25, -0.2) is 12.8 Å². The maximum atomic E-state index is 13.4. The van der Waals surface area contributed by atoms with Crippen LogP contribution >= 0.6 is 22.6 Å². The highest BCUT2D eigenvalue weighted by Crippen LogP contribution is 2.35. The first-order valence-electron chi connectivity index (χ1n) is 10.1. The number of nitrogens with zero attached hydrogens (tertiary/aromatic N) is 1. The van der Waals surface area contributed by atoms with E-state index in [2.05, 4.69) is 21.6 Å². The summed E-state index contributed by atoms with van der Waals surface area (Å²) < 4.78 is 47.2. The fourth-order valence-electron chi connectivity index (χ4n) is 3.19. The summed E-state index contributed by atoms with van der Waals surface area (Å²) in [6.07, 6.45) is 2.06. The molecule has 11 heteroatoms. The number of carbonyl (C=O) groups excluding carboxylic acids is 1. The number of aliphatic hydroxyl groups excluding tert-OH is 1. The largest absolute Gasteiger partial charge is 0.437 e. The summed E-state index contributed by atoms with van der Waals surface area (Å²) in [4.78, 5) is 16.9. The second-order valence-corrected chi connectivity index (χ2v) is 10.3. The second kappa shape index (κ2) is 10.6. The maximum Gasteiger partial charge on any atom is 0.255 e. The van der Waals surface area contributed by atoms with E-state index in [1.807, 2.05) is 22.6 Å². The summed E-state index contributed by atoms with van der Waals surface area (Å²) in [6.45, 7) is 3.49. The predicted molar refractivity (Wildman–Crippen MR) is 133 cm³/mol. The molecule has 1 amide bonds. The zero-order chi connectivity index (χ0) is 24.2. The first-order valence-corrected chi connectivity index (χ1v) is 12.8. The minimum atomic E-state index is -3.70. The van der Waals surface area contributed by atoms with Crippen molar-refractivity contribution in [2.75, 3.05) is 17.5 Å². The number of nitrogens with one attached hydrogen (secondary N) is 2. The van der Waals surface area contributed by atoms with Gasteiger partial charge in [-0.1, -0.05) is 6.08 Å². The summed E-state index contributed by atoms with van der Waals surface area (Å²) in [6, 6.07) is 7.08. The molecule has 2 aromatic heterocycles. The van der Waals surface area contributed by atoms with Gasteiger partial charge in [-0.05, 0) is 72.2 Å². The summed E-state index contributed by atoms with van der Waals surface area (Å²) >= 11 is 1.93. The van der Waals surface area contributed by atoms with Crippen molar-refractivity contribution in [2.45, 2.75) is 25.4 Å². The molecular formula is C22H23FIN3O5S. The van der Waals surface area contributed by atoms with E-state index in [1.54, 1.807) is 6.07 Å². The number of fused-ring (bicyclic) bond motifs is 1. The Balaban J connectivity index is 1.92. The zero-order valence-corrected chi connectivity index (χ0v) is 20.7. The Kier molecular flexibility index (Phi) is 8.08. The Morgan fingerprint density at radius 2 is 2.03 bits per heavy atom. The van der Waals surface area contributed by atoms with Crippen LogP contribution in [0.15, 0.2) is 47.4 Å². The van der Waals surface area contributed by atoms with Crippen molar-refractivity contribution in [3.63, 3.8) is 0 Å². The number of amides is 1. The van der Waals surface area contributed by atoms with Crippen molar-refractivity contribution in [1.29, 1.82) is 0 Å². The van der Waals surface area contributed by atoms with Gasteiger partial charge >= 0.3 is 0 Å². The number of furan rings is 1. The molecule has 1 unspecified atom stereocenters. The van der Waals surface area contributed by atoms with E-state index >= 15 is 0 Å². The van der Waals surface area contributed by atoms with E-state index in [9.17, 15) is 22.7 Å². The lowest BCUT2D eigenvalue weighted by Crippen LogP contribution is -2.19. The molecule has 0 saturated carbocycles. The van der Waals surface area contributed by atoms with Gasteiger partial charge < -0.3 is 14.8 Å². The predicted octanol–water partition coefficient (Wildman–Crippen LogP) is 4.06. The third kappa shape index (κ3) is 6.09. The topological polar surface area (TPSA) is 122 Å². The van der Waals surface area contributed by atoms with Crippen molar-refractivity contribution in [2.24, 2.45) is 0 Å². The molecule has 0 saturated heterocycles. The van der Waals surface area contributed by atoms with Crippen molar-refractivity contribution < 1.29 is 27.1 Å². The molecule has 0 aliphatic heterocycles. The van der Waals surface area contributed by atoms with E-state index in [-0.39, 0.29) is 28.6 Å². The summed E-state index contributed by atoms with van der Waals surface area (Å²) in [7, 11) is -2.22. The monoisotopic (exact) mass is 587 g/mol. The lowest BCUT2D eigenvalue weighted by atomic mass is 10.1. The standard InChI is InChI=1S/C22H23FIN3O5S/c1-3-15(28)6-4-5-11-33(30,31)27-20-17(24)12-16-18(21(29)25-2)19(32-22(16)26-20)13-7-9-14(23)10-8-13/h3,7-10,12,15,28H,1,4-6,11H2,2H3,(H,25,29)(H,26,27). The molecule has 3 aromatic rings. The van der Waals surface area contributed by atoms with Crippen LogP contribution in [0.2, 0.25) is 0 Å². The van der Waals surface area contributed by atoms with E-state index < -0.39 is 27.9 Å². The number of halogens is 2. The third-order valence-corrected chi connectivity index (χ3v) is 7.04. The first-order chi connectivity index (χ1) is 15.6. The Labute approximate surface area is 204 Å². The molecule has 0 fully saturated rings. The molecule has 3 N–H and O–H groups in total. The number of sulfonamides is 1. The van der Waals surface area contributed by atoms with Gasteiger partial charge in [-0.15, -0.1) is 6.58 Å². The lowest BCUT2D eigenvalue weighted by molar-refractivity contribution is 0.0964. The highest BCUT2D eigenvalue weighted by molar-refractivity contribution is 14.1. The molecule has 0 radical (unpaired) electrons. The number of carbonyl (C=O) groups is 1. The number of anilines is 1. The third-order valence-electron chi connectivity index (χ3n) is 4.88. The molecule has 176 valence electrons. The number of rotatable bonds is 10. The van der Waals surface area contributed by atoms with E-state index in [0.717, 1.165) is 0 Å². The van der Waals surface area contributed by atoms with Gasteiger partial charge in [-0.2, -0.15) is 4.98 Å². The minimum Gasteiger partial charge on any atom is -0.437 e. The molecule has 0 bridgehead atoms. The Morgan fingerprint density at radius 3 is 2.67 bits per heavy atom. The molecule has 1 aromatic carbocycles. The second-order valence-electron chi connectivity index (χ2n) is 7.28. The van der Waals surface area contributed by atoms with Crippen LogP contribution in [0.3, 0.4) is 0 Å². The first kappa shape index (κ1) is 25.1. The molecule has 33 heavy (non-hydrogen) atoms. The van der Waals surface area contributed by atoms with Gasteiger partial charge in [0.05, 0.1) is 26.4 Å². The summed E-state index contributed by atoms with van der Waals surface area (Å²) in [5, 5.41) is 12.4. The Morgan fingerprint density at radius 1 is 1.33 bits per heavy atom. The van der Waals surface area contributed by atoms with Crippen LogP contribution in [0.1, 0.15) is 29.6 Å². The van der Waals surface area contributed by atoms with Gasteiger partial charge in [0.15, 0.2) is 5.82 Å². The SMILES string of the molecule is C=CC(O)CCCCS(=O)(=O)Nc1nc2oc(-c3ccc(F)cc3)c(C(=O)NC)c2cc1I. The zero-order valence-electron chi connectivity index (χ0n) is 17.8. The van der Waals surface area contributed by atoms with Gasteiger partial charge in [0.2, 0.25) is 15.7 Å². The number of hydrogen-bond donors (Lipinski definition) is 3. The average Bonchev–Trinajstić information content (AvgIpc) is 3.14. The average molecular weight is 587 g/mol. The van der Waals surface area contributed by atoms with Crippen LogP contribution in [0.25, 0.3) is 22.4 Å². The lowest BCUT2D eigenvalue weighted by Gasteiger charge is -2.09. The molecular weight excluding hydrogens is 564 g/mol. The number of aliphatic hydroxyl groups is 1. The van der Waals surface area contributed by atoms with E-state index in [1.165, 1.54) is 37.4 Å². The van der Waals surface area contributed by atoms with E-state index in [0.29, 0.717) is 33.8 Å². The van der Waals surface area contributed by atoms with E-state index in [4.69, 9.17) is 4.42 Å². The van der Waals surface area contributed by atoms with Crippen LogP contribution in [-0.2, 0) is 10.0 Å². The smallest absolute Gasteiger partial charge is 0.255 e. The van der Waals surface area contributed by atoms with Crippen molar-refractivity contribution in [1.82, 2.24) is 10.3 Å². The summed E-state index contributed by atoms with van der Waals surface area (Å²) in [5.41, 5.74) is 0.770. The van der Waals surface area contributed by atoms with Gasteiger partial charge in [0.1, 0.15) is 11.6 Å². The fourth-order valence-corrected chi connectivity index (χ4v) is 5.07. The fraction of sp³-hybridized carbons (Fsp3) is 0.273. The van der Waals surface area contributed by atoms with Crippen LogP contribution < -0.4 is 10.0 Å². The highest BCUT2D eigenvalue weighted by atomic mass is 127. The molecule has 8 nitrogen and oxygen atoms in total. The van der Waals surface area contributed by atoms with Crippen molar-refractivity contribution in [3.8, 4) is 11.3 Å². The Hall–Kier alpha value is -2.51. The van der Waals surface area contributed by atoms with Crippen LogP contribution in [0.5, 0.6) is 0 Å². The number of pyridine rings is 1. The molecule has 0 spiro atoms. The quantitative estimate of drug-likeness (QED) is 0.187. The maximum absolute atomic E-state index is 13.4. The van der Waals surface area contributed by atoms with Gasteiger partial charge in [0, 0.05) is 12.6 Å². The number of hydrogen-bond acceptors (Lipinski definition) is 6. The van der Waals surface area contributed by atoms with Gasteiger partial charge in [0.25, 0.3) is 5.91 Å². The molecule has 3 rings (SSSR count). The molecule has 2 heterocycles. The van der Waals surface area contributed by atoms with Gasteiger partial charge in [-0.3, -0.25) is 9.52 Å². The number of unbranched alkanes of at least 4 members (excludes halogenated alkanes) is 1. The molecule has 0 aliphatic carbocycles. The van der Waals surface area contributed by atoms with Crippen LogP contribution in [-0.4, -0.2) is 43.3 Å². The molecule has 1 atom stereocenters.